The van der Waals surface area contributed by atoms with Gasteiger partial charge in [0, 0.05) is 23.7 Å². The third-order valence-electron chi connectivity index (χ3n) is 18.5. The minimum atomic E-state index is -1.70. The molecule has 14 atom stereocenters. The lowest BCUT2D eigenvalue weighted by Crippen LogP contribution is -2.69. The molecule has 280 valence electrons. The van der Waals surface area contributed by atoms with Gasteiger partial charge in [0.25, 0.3) is 0 Å². The van der Waals surface area contributed by atoms with E-state index in [0.29, 0.717) is 57.8 Å². The highest BCUT2D eigenvalue weighted by Gasteiger charge is 2.76. The van der Waals surface area contributed by atoms with Gasteiger partial charge in [0.2, 0.25) is 0 Å². The SMILES string of the molecule is C[C@]12CCC(=O)C=C1CC[C@H]1[C@@H]3CC[C@](O)(C(=O)CO)[C@@]3(C)CC[C@@]12C1CC(=O)C=C2CC[C@@H]3[C@H]([C@@H](O)C[C@@]4(C)[C@H]3CC[C@]4(O)C(=O)CO)[C@]21C. The summed E-state index contributed by atoms with van der Waals surface area (Å²) in [5.41, 5.74) is -4.19. The minimum Gasteiger partial charge on any atom is -0.393 e. The molecular weight excluding hydrogens is 648 g/mol. The molecule has 0 saturated heterocycles. The lowest BCUT2D eigenvalue weighted by atomic mass is 9.31. The first-order valence-electron chi connectivity index (χ1n) is 19.8. The fraction of sp³-hybridized carbons (Fsp3) is 0.810. The first kappa shape index (κ1) is 36.0. The van der Waals surface area contributed by atoms with Crippen LogP contribution in [0.2, 0.25) is 0 Å². The zero-order chi connectivity index (χ0) is 36.7. The maximum atomic E-state index is 14.1. The van der Waals surface area contributed by atoms with Gasteiger partial charge in [-0.3, -0.25) is 19.2 Å². The first-order valence-corrected chi connectivity index (χ1v) is 19.8. The van der Waals surface area contributed by atoms with E-state index in [2.05, 4.69) is 13.8 Å². The van der Waals surface area contributed by atoms with Crippen LogP contribution in [-0.2, 0) is 19.2 Å². The van der Waals surface area contributed by atoms with Gasteiger partial charge in [-0.2, -0.15) is 0 Å². The maximum absolute atomic E-state index is 14.1. The summed E-state index contributed by atoms with van der Waals surface area (Å²) < 4.78 is 0. The molecule has 0 aromatic carbocycles. The van der Waals surface area contributed by atoms with Crippen molar-refractivity contribution < 1.29 is 44.7 Å². The number of Topliss-reactive ketones (excluding diaryl/α,β-unsaturated/α-hetero) is 2. The van der Waals surface area contributed by atoms with Gasteiger partial charge in [-0.1, -0.05) is 38.8 Å². The quantitative estimate of drug-likeness (QED) is 0.281. The largest absolute Gasteiger partial charge is 0.393 e. The van der Waals surface area contributed by atoms with Crippen molar-refractivity contribution in [3.05, 3.63) is 23.3 Å². The molecule has 5 N–H and O–H groups in total. The predicted molar refractivity (Wildman–Crippen MR) is 187 cm³/mol. The van der Waals surface area contributed by atoms with E-state index < -0.39 is 69.2 Å². The first-order chi connectivity index (χ1) is 23.9. The summed E-state index contributed by atoms with van der Waals surface area (Å²) in [6.45, 7) is 7.13. The van der Waals surface area contributed by atoms with Crippen LogP contribution in [0, 0.1) is 62.6 Å². The molecule has 0 heterocycles. The number of ketones is 4. The van der Waals surface area contributed by atoms with Crippen molar-refractivity contribution in [2.45, 2.75) is 135 Å². The lowest BCUT2D eigenvalue weighted by Gasteiger charge is -2.73. The van der Waals surface area contributed by atoms with E-state index in [0.717, 1.165) is 30.4 Å². The Morgan fingerprint density at radius 3 is 1.98 bits per heavy atom. The number of carbonyl (C=O) groups excluding carboxylic acids is 4. The van der Waals surface area contributed by atoms with Gasteiger partial charge in [-0.25, -0.2) is 0 Å². The molecule has 0 radical (unpaired) electrons. The standard InChI is InChI=1S/C42H58O9/c1-36-12-9-25(45)17-23(36)6-8-30-29-11-14-41(50,33(48)21-43)37(29,2)15-16-40(30,36)32-19-26(46)18-24-5-7-27-28-10-13-42(51,34(49)22-44)38(28,3)20-31(47)35(27)39(24,32)4/h17-18,27-32,35,43-44,47,50-51H,5-16,19-22H2,1-4H3/t27-,28-,29-,30-,31-,32?,35+,36-,37-,38-,39+,40-,41-,42-/m0/s1. The topological polar surface area (TPSA) is 169 Å². The molecule has 0 aromatic heterocycles. The Kier molecular flexibility index (Phi) is 7.93. The Morgan fingerprint density at radius 2 is 1.31 bits per heavy atom. The maximum Gasteiger partial charge on any atom is 0.190 e. The molecular formula is C42H58O9. The average molecular weight is 707 g/mol. The predicted octanol–water partition coefficient (Wildman–Crippen LogP) is 4.20. The highest BCUT2D eigenvalue weighted by molar-refractivity contribution is 5.93. The lowest BCUT2D eigenvalue weighted by molar-refractivity contribution is -0.232. The molecule has 0 aromatic rings. The summed E-state index contributed by atoms with van der Waals surface area (Å²) in [7, 11) is 0. The van der Waals surface area contributed by atoms with Crippen LogP contribution in [0.25, 0.3) is 0 Å². The summed E-state index contributed by atoms with van der Waals surface area (Å²) in [6.07, 6.45) is 10.5. The number of fused-ring (bicyclic) bond motifs is 10. The van der Waals surface area contributed by atoms with Crippen LogP contribution in [0.15, 0.2) is 23.3 Å². The van der Waals surface area contributed by atoms with Gasteiger partial charge in [0.15, 0.2) is 23.1 Å². The van der Waals surface area contributed by atoms with Crippen LogP contribution in [0.4, 0.5) is 0 Å². The molecule has 0 aliphatic heterocycles. The normalized spacial score (nSPS) is 53.1. The Morgan fingerprint density at radius 1 is 0.706 bits per heavy atom. The van der Waals surface area contributed by atoms with Gasteiger partial charge in [-0.05, 0) is 141 Å². The van der Waals surface area contributed by atoms with Crippen molar-refractivity contribution in [3.63, 3.8) is 0 Å². The highest BCUT2D eigenvalue weighted by atomic mass is 16.3. The molecule has 9 nitrogen and oxygen atoms in total. The van der Waals surface area contributed by atoms with Crippen molar-refractivity contribution in [2.24, 2.45) is 62.6 Å². The van der Waals surface area contributed by atoms with Crippen LogP contribution in [0.5, 0.6) is 0 Å². The number of hydrogen-bond donors (Lipinski definition) is 5. The third-order valence-corrected chi connectivity index (χ3v) is 18.5. The van der Waals surface area contributed by atoms with Crippen molar-refractivity contribution in [1.29, 1.82) is 0 Å². The number of aliphatic hydroxyl groups is 5. The Hall–Kier alpha value is -2.04. The van der Waals surface area contributed by atoms with E-state index in [1.54, 1.807) is 0 Å². The molecule has 6 saturated carbocycles. The molecule has 8 aliphatic carbocycles. The zero-order valence-corrected chi connectivity index (χ0v) is 30.9. The van der Waals surface area contributed by atoms with Crippen molar-refractivity contribution >= 4 is 23.1 Å². The van der Waals surface area contributed by atoms with Crippen molar-refractivity contribution in [3.8, 4) is 0 Å². The van der Waals surface area contributed by atoms with E-state index in [1.165, 1.54) is 0 Å². The van der Waals surface area contributed by atoms with Crippen molar-refractivity contribution in [2.75, 3.05) is 13.2 Å². The molecule has 0 amide bonds. The molecule has 9 heteroatoms. The molecule has 1 unspecified atom stereocenters. The number of rotatable bonds is 5. The summed E-state index contributed by atoms with van der Waals surface area (Å²) in [5.74, 6) is -1.28. The monoisotopic (exact) mass is 706 g/mol. The minimum absolute atomic E-state index is 0.00100. The van der Waals surface area contributed by atoms with Gasteiger partial charge < -0.3 is 25.5 Å². The van der Waals surface area contributed by atoms with Gasteiger partial charge in [-0.15, -0.1) is 0 Å². The fourth-order valence-corrected chi connectivity index (χ4v) is 16.1. The number of carbonyl (C=O) groups is 4. The number of allylic oxidation sites excluding steroid dienone is 2. The average Bonchev–Trinajstić information content (AvgIpc) is 3.53. The molecule has 8 aliphatic rings. The molecule has 8 rings (SSSR count). The van der Waals surface area contributed by atoms with E-state index in [1.807, 2.05) is 26.0 Å². The second-order valence-electron chi connectivity index (χ2n) is 19.3. The van der Waals surface area contributed by atoms with Gasteiger partial charge in [0.05, 0.1) is 6.10 Å². The summed E-state index contributed by atoms with van der Waals surface area (Å²) in [5, 5.41) is 56.4. The van der Waals surface area contributed by atoms with Crippen LogP contribution < -0.4 is 0 Å². The third kappa shape index (κ3) is 4.11. The van der Waals surface area contributed by atoms with Crippen LogP contribution in [0.3, 0.4) is 0 Å². The molecule has 51 heavy (non-hydrogen) atoms. The van der Waals surface area contributed by atoms with Crippen LogP contribution in [-0.4, -0.2) is 79.2 Å². The van der Waals surface area contributed by atoms with Gasteiger partial charge >= 0.3 is 0 Å². The van der Waals surface area contributed by atoms with Crippen molar-refractivity contribution in [1.82, 2.24) is 0 Å². The Bertz CT molecular complexity index is 1650. The van der Waals surface area contributed by atoms with E-state index in [-0.39, 0.29) is 59.9 Å². The number of hydrogen-bond acceptors (Lipinski definition) is 9. The van der Waals surface area contributed by atoms with Gasteiger partial charge in [0.1, 0.15) is 24.4 Å². The second kappa shape index (κ2) is 11.2. The second-order valence-corrected chi connectivity index (χ2v) is 19.3. The molecule has 6 fully saturated rings. The van der Waals surface area contributed by atoms with E-state index in [9.17, 15) is 44.7 Å². The van der Waals surface area contributed by atoms with E-state index >= 15 is 0 Å². The van der Waals surface area contributed by atoms with E-state index in [4.69, 9.17) is 0 Å². The smallest absolute Gasteiger partial charge is 0.190 e. The molecule has 0 spiro atoms. The Labute approximate surface area is 301 Å². The summed E-state index contributed by atoms with van der Waals surface area (Å²) in [4.78, 5) is 53.5. The summed E-state index contributed by atoms with van der Waals surface area (Å²) in [6, 6.07) is 0. The highest BCUT2D eigenvalue weighted by Crippen LogP contribution is 2.79. The summed E-state index contributed by atoms with van der Waals surface area (Å²) >= 11 is 0. The van der Waals surface area contributed by atoms with Crippen LogP contribution in [0.1, 0.15) is 118 Å². The number of aliphatic hydroxyl groups excluding tert-OH is 3. The zero-order valence-electron chi connectivity index (χ0n) is 30.9. The molecule has 0 bridgehead atoms. The fourth-order valence-electron chi connectivity index (χ4n) is 16.1. The Balaban J connectivity index is 1.30. The van der Waals surface area contributed by atoms with Crippen LogP contribution >= 0.6 is 0 Å².